The number of aliphatic hydroxyl groups is 1. The van der Waals surface area contributed by atoms with E-state index in [9.17, 15) is 29.1 Å². The number of benzene rings is 1. The number of hydrogen-bond donors (Lipinski definition) is 4. The number of carbonyl (C=O) groups is 3. The van der Waals surface area contributed by atoms with Gasteiger partial charge in [0.1, 0.15) is 42.9 Å². The Balaban J connectivity index is 1.20. The highest BCUT2D eigenvalue weighted by molar-refractivity contribution is 5.95. The Morgan fingerprint density at radius 3 is 2.55 bits per heavy atom. The number of methoxy groups -OCH3 is 2. The molecule has 300 valence electrons. The molecule has 0 bridgehead atoms. The minimum Gasteiger partial charge on any atom is -0.497 e. The molecule has 4 aliphatic rings. The fourth-order valence-corrected chi connectivity index (χ4v) is 7.01. The van der Waals surface area contributed by atoms with Crippen molar-refractivity contribution in [3.63, 3.8) is 0 Å². The summed E-state index contributed by atoms with van der Waals surface area (Å²) in [6.45, 7) is 4.81. The molecule has 3 saturated heterocycles. The highest BCUT2D eigenvalue weighted by Crippen LogP contribution is 2.39. The summed E-state index contributed by atoms with van der Waals surface area (Å²) >= 11 is 0. The summed E-state index contributed by atoms with van der Waals surface area (Å²) in [6.07, 6.45) is -6.52. The number of fused-ring (bicyclic) bond motifs is 1. The maximum atomic E-state index is 13.6. The third kappa shape index (κ3) is 8.77. The predicted molar refractivity (Wildman–Crippen MR) is 188 cm³/mol. The van der Waals surface area contributed by atoms with Gasteiger partial charge in [-0.15, -0.1) is 0 Å². The van der Waals surface area contributed by atoms with Crippen molar-refractivity contribution in [2.24, 2.45) is 5.73 Å². The van der Waals surface area contributed by atoms with Crippen LogP contribution in [0.1, 0.15) is 51.8 Å². The van der Waals surface area contributed by atoms with Crippen molar-refractivity contribution in [1.29, 1.82) is 0 Å². The first-order chi connectivity index (χ1) is 26.2. The molecule has 1 aromatic carbocycles. The fraction of sp³-hybridized carbons (Fsp3) is 0.583. The van der Waals surface area contributed by atoms with Gasteiger partial charge >= 0.3 is 5.69 Å². The molecule has 0 saturated carbocycles. The van der Waals surface area contributed by atoms with E-state index in [1.807, 2.05) is 6.92 Å². The number of carbonyl (C=O) groups excluding carboxylic acids is 3. The van der Waals surface area contributed by atoms with Gasteiger partial charge in [-0.25, -0.2) is 9.36 Å². The third-order valence-electron chi connectivity index (χ3n) is 9.75. The van der Waals surface area contributed by atoms with Crippen LogP contribution in [-0.2, 0) is 60.9 Å². The number of hydrogen-bond acceptors (Lipinski definition) is 14. The molecule has 0 spiro atoms. The summed E-state index contributed by atoms with van der Waals surface area (Å²) in [5.41, 5.74) is 5.05. The van der Waals surface area contributed by atoms with E-state index in [2.05, 4.69) is 10.6 Å². The largest absolute Gasteiger partial charge is 0.497 e. The number of rotatable bonds is 13. The Kier molecular flexibility index (Phi) is 12.1. The van der Waals surface area contributed by atoms with Gasteiger partial charge in [0, 0.05) is 25.4 Å². The molecule has 0 unspecified atom stereocenters. The zero-order chi connectivity index (χ0) is 39.6. The Hall–Kier alpha value is -4.63. The first-order valence-corrected chi connectivity index (χ1v) is 17.9. The second-order valence-electron chi connectivity index (χ2n) is 14.2. The van der Waals surface area contributed by atoms with Gasteiger partial charge in [0.25, 0.3) is 11.5 Å². The zero-order valence-corrected chi connectivity index (χ0v) is 31.1. The Bertz CT molecular complexity index is 1880. The van der Waals surface area contributed by atoms with Crippen LogP contribution >= 0.6 is 0 Å². The quantitative estimate of drug-likeness (QED) is 0.196. The second kappa shape index (κ2) is 16.6. The molecule has 0 aliphatic carbocycles. The summed E-state index contributed by atoms with van der Waals surface area (Å²) in [5, 5.41) is 16.9. The maximum absolute atomic E-state index is 13.6. The Morgan fingerprint density at radius 1 is 1.11 bits per heavy atom. The summed E-state index contributed by atoms with van der Waals surface area (Å²) in [4.78, 5) is 65.6. The van der Waals surface area contributed by atoms with Crippen molar-refractivity contribution in [1.82, 2.24) is 19.8 Å². The molecule has 3 amide bonds. The van der Waals surface area contributed by atoms with Crippen LogP contribution in [-0.4, -0.2) is 107 Å². The molecule has 5 heterocycles. The lowest BCUT2D eigenvalue weighted by atomic mass is 10.0. The molecule has 4 aliphatic heterocycles. The number of nitrogens with zero attached hydrogens (tertiary/aromatic N) is 2. The van der Waals surface area contributed by atoms with Crippen LogP contribution in [0.4, 0.5) is 0 Å². The number of aliphatic hydroxyl groups excluding tert-OH is 1. The number of ether oxygens (including phenoxy) is 8. The molecule has 1 aromatic heterocycles. The number of amides is 3. The van der Waals surface area contributed by atoms with Gasteiger partial charge in [-0.3, -0.25) is 23.7 Å². The normalized spacial score (nSPS) is 30.6. The summed E-state index contributed by atoms with van der Waals surface area (Å²) in [7, 11) is 2.79. The van der Waals surface area contributed by atoms with Crippen LogP contribution in [0, 0.1) is 0 Å². The van der Waals surface area contributed by atoms with Crippen molar-refractivity contribution in [3.8, 4) is 5.75 Å². The molecule has 55 heavy (non-hydrogen) atoms. The summed E-state index contributed by atoms with van der Waals surface area (Å²) < 4.78 is 48.3. The van der Waals surface area contributed by atoms with Gasteiger partial charge in [-0.2, -0.15) is 0 Å². The van der Waals surface area contributed by atoms with Gasteiger partial charge in [-0.1, -0.05) is 12.1 Å². The first-order valence-electron chi connectivity index (χ1n) is 17.9. The smallest absolute Gasteiger partial charge is 0.335 e. The topological polar surface area (TPSA) is 239 Å². The number of aromatic nitrogens is 2. The Labute approximate surface area is 315 Å². The van der Waals surface area contributed by atoms with Crippen LogP contribution in [0.25, 0.3) is 0 Å². The molecule has 6 rings (SSSR count). The predicted octanol–water partition coefficient (Wildman–Crippen LogP) is -0.730. The number of nitrogens with two attached hydrogens (primary N) is 1. The van der Waals surface area contributed by atoms with Crippen LogP contribution < -0.4 is 32.4 Å². The minimum atomic E-state index is -1.71. The molecule has 0 radical (unpaired) electrons. The lowest BCUT2D eigenvalue weighted by molar-refractivity contribution is -0.241. The van der Waals surface area contributed by atoms with Crippen molar-refractivity contribution in [2.75, 3.05) is 14.2 Å². The lowest BCUT2D eigenvalue weighted by Gasteiger charge is -2.35. The molecule has 10 atom stereocenters. The average molecular weight is 774 g/mol. The SMILES string of the molecule is COc1ccc(COCn2c(=O)ccn([C@@H]3O[C@H]([C@@H](O[C@H]4OC(C(=O)N[C@H]5CCC[C@@H](C)NC5=O)=C[C@@H]5OC(C)(C)O[C@H]45)C(N)=O)[C@@H](OC)[C@H]3O)c2=O)cc1. The summed E-state index contributed by atoms with van der Waals surface area (Å²) in [6, 6.07) is 7.26. The van der Waals surface area contributed by atoms with E-state index in [0.29, 0.717) is 18.6 Å². The summed E-state index contributed by atoms with van der Waals surface area (Å²) in [5.74, 6) is -2.88. The molecular weight excluding hydrogens is 726 g/mol. The molecular formula is C36H47N5O14. The minimum absolute atomic E-state index is 0.0443. The van der Waals surface area contributed by atoms with Crippen LogP contribution in [0.2, 0.25) is 0 Å². The van der Waals surface area contributed by atoms with Gasteiger partial charge in [0.05, 0.1) is 13.7 Å². The number of nitrogens with one attached hydrogen (secondary N) is 2. The van der Waals surface area contributed by atoms with Crippen molar-refractivity contribution in [2.45, 2.75) is 120 Å². The lowest BCUT2D eigenvalue weighted by Crippen LogP contribution is -2.54. The maximum Gasteiger partial charge on any atom is 0.335 e. The zero-order valence-electron chi connectivity index (χ0n) is 31.1. The van der Waals surface area contributed by atoms with E-state index in [1.165, 1.54) is 13.2 Å². The molecule has 5 N–H and O–H groups in total. The van der Waals surface area contributed by atoms with Crippen LogP contribution in [0.5, 0.6) is 5.75 Å². The highest BCUT2D eigenvalue weighted by Gasteiger charge is 2.55. The van der Waals surface area contributed by atoms with E-state index < -0.39 is 90.8 Å². The van der Waals surface area contributed by atoms with Gasteiger partial charge in [0.2, 0.25) is 18.1 Å². The van der Waals surface area contributed by atoms with Crippen LogP contribution in [0.3, 0.4) is 0 Å². The molecule has 19 nitrogen and oxygen atoms in total. The van der Waals surface area contributed by atoms with E-state index >= 15 is 0 Å². The Morgan fingerprint density at radius 2 is 1.85 bits per heavy atom. The molecule has 3 fully saturated rings. The first kappa shape index (κ1) is 40.0. The third-order valence-corrected chi connectivity index (χ3v) is 9.75. The fourth-order valence-electron chi connectivity index (χ4n) is 7.01. The molecule has 2 aromatic rings. The monoisotopic (exact) mass is 773 g/mol. The van der Waals surface area contributed by atoms with Crippen molar-refractivity contribution in [3.05, 3.63) is 74.8 Å². The average Bonchev–Trinajstić information content (AvgIpc) is 3.58. The molecule has 19 heteroatoms. The van der Waals surface area contributed by atoms with E-state index in [4.69, 9.17) is 43.6 Å². The number of primary amides is 1. The van der Waals surface area contributed by atoms with Gasteiger partial charge in [0.15, 0.2) is 30.0 Å². The van der Waals surface area contributed by atoms with Crippen molar-refractivity contribution >= 4 is 17.7 Å². The van der Waals surface area contributed by atoms with Crippen LogP contribution in [0.15, 0.2) is 58.0 Å². The standard InChI is InChI=1S/C36H47N5O14/c1-18-7-6-8-21(31(45)38-18)39-32(46)23-15-22-26(55-36(2,3)54-22)34(51-23)53-29(30(37)44)28-27(49-5)25(43)33(52-28)40-14-13-24(42)41(35(40)47)17-50-16-19-9-11-20(48-4)12-10-19/h9-15,18,21-22,25-29,33-34,43H,6-8,16-17H2,1-5H3,(H2,37,44)(H,38,45)(H,39,46)/t18-,21+,22+,25-,26+,27+,28+,29-,33-,34-/m1/s1. The van der Waals surface area contributed by atoms with E-state index in [1.54, 1.807) is 45.2 Å². The van der Waals surface area contributed by atoms with Gasteiger partial charge in [-0.05, 0) is 63.8 Å². The highest BCUT2D eigenvalue weighted by atomic mass is 16.8. The van der Waals surface area contributed by atoms with Crippen molar-refractivity contribution < 1.29 is 57.4 Å². The van der Waals surface area contributed by atoms with E-state index in [0.717, 1.165) is 33.4 Å². The van der Waals surface area contributed by atoms with Gasteiger partial charge < -0.3 is 59.4 Å². The second-order valence-corrected chi connectivity index (χ2v) is 14.2. The van der Waals surface area contributed by atoms with E-state index in [-0.39, 0.29) is 24.3 Å².